The number of hydrogen-bond donors (Lipinski definition) is 1. The summed E-state index contributed by atoms with van der Waals surface area (Å²) in [6.07, 6.45) is 5.23. The van der Waals surface area contributed by atoms with Crippen LogP contribution in [0.25, 0.3) is 0 Å². The molecule has 0 saturated carbocycles. The van der Waals surface area contributed by atoms with E-state index in [1.165, 1.54) is 12.8 Å². The smallest absolute Gasteiger partial charge is 0.195 e. The minimum absolute atomic E-state index is 0.365. The Bertz CT molecular complexity index is 425. The SMILES string of the molecule is CCc1n[nH]c(=S)n1C1CC2CCC1O2. The Hall–Kier alpha value is -0.680. The number of H-pyrrole nitrogens is 1. The molecule has 2 aliphatic heterocycles. The predicted molar refractivity (Wildman–Crippen MR) is 58.3 cm³/mol. The number of fused-ring (bicyclic) bond motifs is 2. The van der Waals surface area contributed by atoms with Crippen molar-refractivity contribution in [1.29, 1.82) is 0 Å². The van der Waals surface area contributed by atoms with Gasteiger partial charge in [0.15, 0.2) is 4.77 Å². The van der Waals surface area contributed by atoms with Crippen LogP contribution in [0.5, 0.6) is 0 Å². The summed E-state index contributed by atoms with van der Waals surface area (Å²) < 4.78 is 8.76. The summed E-state index contributed by atoms with van der Waals surface area (Å²) in [5, 5.41) is 7.14. The van der Waals surface area contributed by atoms with Gasteiger partial charge < -0.3 is 4.74 Å². The molecule has 0 amide bonds. The van der Waals surface area contributed by atoms with E-state index >= 15 is 0 Å². The molecule has 3 rings (SSSR count). The minimum atomic E-state index is 0.365. The summed E-state index contributed by atoms with van der Waals surface area (Å²) in [6, 6.07) is 0.421. The summed E-state index contributed by atoms with van der Waals surface area (Å²) in [5.41, 5.74) is 0. The molecule has 2 aliphatic rings. The van der Waals surface area contributed by atoms with Gasteiger partial charge in [-0.2, -0.15) is 5.10 Å². The molecule has 0 radical (unpaired) electrons. The Labute approximate surface area is 93.6 Å². The normalized spacial score (nSPS) is 33.8. The highest BCUT2D eigenvalue weighted by Crippen LogP contribution is 2.42. The fraction of sp³-hybridized carbons (Fsp3) is 0.800. The third-order valence-corrected chi connectivity index (χ3v) is 3.79. The summed E-state index contributed by atoms with van der Waals surface area (Å²) in [6.45, 7) is 2.11. The van der Waals surface area contributed by atoms with Gasteiger partial charge in [-0.3, -0.25) is 9.67 Å². The van der Waals surface area contributed by atoms with Gasteiger partial charge >= 0.3 is 0 Å². The quantitative estimate of drug-likeness (QED) is 0.783. The maximum atomic E-state index is 5.85. The summed E-state index contributed by atoms with van der Waals surface area (Å²) >= 11 is 5.28. The number of nitrogens with one attached hydrogen (secondary N) is 1. The molecule has 2 fully saturated rings. The van der Waals surface area contributed by atoms with Gasteiger partial charge in [-0.25, -0.2) is 0 Å². The van der Waals surface area contributed by atoms with Gasteiger partial charge in [0.05, 0.1) is 18.2 Å². The van der Waals surface area contributed by atoms with E-state index in [0.717, 1.165) is 23.4 Å². The second-order valence-corrected chi connectivity index (χ2v) is 4.73. The molecular weight excluding hydrogens is 210 g/mol. The van der Waals surface area contributed by atoms with Crippen molar-refractivity contribution in [2.24, 2.45) is 0 Å². The van der Waals surface area contributed by atoms with E-state index in [1.807, 2.05) is 0 Å². The van der Waals surface area contributed by atoms with Crippen LogP contribution in [0.15, 0.2) is 0 Å². The van der Waals surface area contributed by atoms with Crippen molar-refractivity contribution in [1.82, 2.24) is 14.8 Å². The first-order valence-electron chi connectivity index (χ1n) is 5.61. The van der Waals surface area contributed by atoms with Gasteiger partial charge in [0.2, 0.25) is 0 Å². The fourth-order valence-corrected chi connectivity index (χ4v) is 3.10. The van der Waals surface area contributed by atoms with E-state index in [9.17, 15) is 0 Å². The molecule has 3 heterocycles. The van der Waals surface area contributed by atoms with Crippen LogP contribution in [-0.4, -0.2) is 27.0 Å². The van der Waals surface area contributed by atoms with Crippen LogP contribution in [0, 0.1) is 4.77 Å². The lowest BCUT2D eigenvalue weighted by molar-refractivity contribution is 0.0933. The first kappa shape index (κ1) is 9.54. The molecule has 1 aromatic rings. The average Bonchev–Trinajstić information content (AvgIpc) is 2.90. The molecule has 3 atom stereocenters. The average molecular weight is 225 g/mol. The lowest BCUT2D eigenvalue weighted by atomic mass is 9.95. The monoisotopic (exact) mass is 225 g/mol. The largest absolute Gasteiger partial charge is 0.373 e. The van der Waals surface area contributed by atoms with Crippen molar-refractivity contribution >= 4 is 12.2 Å². The molecule has 1 N–H and O–H groups in total. The van der Waals surface area contributed by atoms with Gasteiger partial charge in [0.1, 0.15) is 5.82 Å². The molecule has 2 saturated heterocycles. The van der Waals surface area contributed by atoms with E-state index in [0.29, 0.717) is 18.2 Å². The molecule has 5 heteroatoms. The zero-order chi connectivity index (χ0) is 10.4. The fourth-order valence-electron chi connectivity index (χ4n) is 2.81. The molecule has 4 nitrogen and oxygen atoms in total. The molecule has 2 bridgehead atoms. The standard InChI is InChI=1S/C10H15N3OS/c1-2-9-11-12-10(15)13(9)7-5-6-3-4-8(7)14-6/h6-8H,2-5H2,1H3,(H,12,15). The van der Waals surface area contributed by atoms with Crippen molar-refractivity contribution in [2.75, 3.05) is 0 Å². The summed E-state index contributed by atoms with van der Waals surface area (Å²) in [4.78, 5) is 0. The number of aromatic amines is 1. The highest BCUT2D eigenvalue weighted by molar-refractivity contribution is 7.71. The highest BCUT2D eigenvalue weighted by Gasteiger charge is 2.42. The highest BCUT2D eigenvalue weighted by atomic mass is 32.1. The Morgan fingerprint density at radius 3 is 3.07 bits per heavy atom. The van der Waals surface area contributed by atoms with Crippen molar-refractivity contribution < 1.29 is 4.74 Å². The Kier molecular flexibility index (Phi) is 2.17. The van der Waals surface area contributed by atoms with Crippen molar-refractivity contribution in [3.8, 4) is 0 Å². The van der Waals surface area contributed by atoms with Crippen LogP contribution in [-0.2, 0) is 11.2 Å². The second kappa shape index (κ2) is 3.42. The molecular formula is C10H15N3OS. The van der Waals surface area contributed by atoms with Gasteiger partial charge in [-0.15, -0.1) is 0 Å². The van der Waals surface area contributed by atoms with E-state index in [-0.39, 0.29) is 0 Å². The van der Waals surface area contributed by atoms with Gasteiger partial charge in [0, 0.05) is 6.42 Å². The molecule has 0 aromatic carbocycles. The van der Waals surface area contributed by atoms with Crippen LogP contribution in [0.1, 0.15) is 38.1 Å². The molecule has 0 aliphatic carbocycles. The first-order chi connectivity index (χ1) is 7.29. The Morgan fingerprint density at radius 1 is 1.60 bits per heavy atom. The molecule has 82 valence electrons. The van der Waals surface area contributed by atoms with Crippen molar-refractivity contribution in [3.05, 3.63) is 10.6 Å². The lowest BCUT2D eigenvalue weighted by Crippen LogP contribution is -2.22. The van der Waals surface area contributed by atoms with E-state index in [4.69, 9.17) is 17.0 Å². The maximum absolute atomic E-state index is 5.85. The number of aromatic nitrogens is 3. The topological polar surface area (TPSA) is 42.8 Å². The number of rotatable bonds is 2. The van der Waals surface area contributed by atoms with Crippen molar-refractivity contribution in [2.45, 2.75) is 50.9 Å². The second-order valence-electron chi connectivity index (χ2n) is 4.35. The molecule has 3 unspecified atom stereocenters. The number of nitrogens with zero attached hydrogens (tertiary/aromatic N) is 2. The summed E-state index contributed by atoms with van der Waals surface area (Å²) in [5.74, 6) is 1.06. The Morgan fingerprint density at radius 2 is 2.47 bits per heavy atom. The Balaban J connectivity index is 1.99. The maximum Gasteiger partial charge on any atom is 0.195 e. The third-order valence-electron chi connectivity index (χ3n) is 3.50. The zero-order valence-electron chi connectivity index (χ0n) is 8.77. The zero-order valence-corrected chi connectivity index (χ0v) is 9.59. The molecule has 15 heavy (non-hydrogen) atoms. The van der Waals surface area contributed by atoms with Crippen molar-refractivity contribution in [3.63, 3.8) is 0 Å². The molecule has 1 aromatic heterocycles. The van der Waals surface area contributed by atoms with Gasteiger partial charge in [0.25, 0.3) is 0 Å². The van der Waals surface area contributed by atoms with Crippen LogP contribution >= 0.6 is 12.2 Å². The van der Waals surface area contributed by atoms with E-state index in [2.05, 4.69) is 21.7 Å². The van der Waals surface area contributed by atoms with Crippen LogP contribution in [0.4, 0.5) is 0 Å². The lowest BCUT2D eigenvalue weighted by Gasteiger charge is -2.21. The molecule has 0 spiro atoms. The van der Waals surface area contributed by atoms with Crippen LogP contribution < -0.4 is 0 Å². The van der Waals surface area contributed by atoms with E-state index < -0.39 is 0 Å². The van der Waals surface area contributed by atoms with Crippen LogP contribution in [0.2, 0.25) is 0 Å². The summed E-state index contributed by atoms with van der Waals surface area (Å²) in [7, 11) is 0. The van der Waals surface area contributed by atoms with Gasteiger partial charge in [-0.05, 0) is 31.5 Å². The minimum Gasteiger partial charge on any atom is -0.373 e. The first-order valence-corrected chi connectivity index (χ1v) is 6.01. The van der Waals surface area contributed by atoms with Crippen LogP contribution in [0.3, 0.4) is 0 Å². The number of ether oxygens (including phenoxy) is 1. The third kappa shape index (κ3) is 1.37. The van der Waals surface area contributed by atoms with E-state index in [1.54, 1.807) is 0 Å². The van der Waals surface area contributed by atoms with Gasteiger partial charge in [-0.1, -0.05) is 6.92 Å². The predicted octanol–water partition coefficient (Wildman–Crippen LogP) is 2.00. The number of aryl methyl sites for hydroxylation is 1. The number of hydrogen-bond acceptors (Lipinski definition) is 3.